The Labute approximate surface area is 158 Å². The van der Waals surface area contributed by atoms with Crippen molar-refractivity contribution in [3.05, 3.63) is 34.9 Å². The first-order valence-corrected chi connectivity index (χ1v) is 8.01. The minimum absolute atomic E-state index is 0. The van der Waals surface area contributed by atoms with Crippen molar-refractivity contribution in [2.45, 2.75) is 46.6 Å². The minimum atomic E-state index is -0.240. The second-order valence-electron chi connectivity index (χ2n) is 6.33. The minimum Gasteiger partial charge on any atom is -0.377 e. The molecule has 1 aromatic rings. The SMILES string of the molecule is CCNC(=NCC(C)(C)OC)NCCc1cc(C)cc(C)c1.I. The molecule has 2 N–H and O–H groups in total. The van der Waals surface area contributed by atoms with Gasteiger partial charge in [-0.1, -0.05) is 29.3 Å². The molecule has 0 bridgehead atoms. The standard InChI is InChI=1S/C18H31N3O.HI/c1-7-19-17(21-13-18(4,5)22-6)20-9-8-16-11-14(2)10-15(3)12-16;/h10-12H,7-9,13H2,1-6H3,(H2,19,20,21);1H. The van der Waals surface area contributed by atoms with E-state index in [-0.39, 0.29) is 29.6 Å². The number of hydrogen-bond donors (Lipinski definition) is 2. The Morgan fingerprint density at radius 1 is 1.13 bits per heavy atom. The number of hydrogen-bond acceptors (Lipinski definition) is 2. The van der Waals surface area contributed by atoms with Gasteiger partial charge in [0, 0.05) is 20.2 Å². The van der Waals surface area contributed by atoms with Crippen LogP contribution in [0.2, 0.25) is 0 Å². The van der Waals surface area contributed by atoms with Crippen LogP contribution in [0.5, 0.6) is 0 Å². The van der Waals surface area contributed by atoms with E-state index >= 15 is 0 Å². The fourth-order valence-corrected chi connectivity index (χ4v) is 2.21. The fraction of sp³-hybridized carbons (Fsp3) is 0.611. The first-order chi connectivity index (χ1) is 10.4. The van der Waals surface area contributed by atoms with Crippen LogP contribution in [0.15, 0.2) is 23.2 Å². The molecule has 0 unspecified atom stereocenters. The average Bonchev–Trinajstić information content (AvgIpc) is 2.44. The Morgan fingerprint density at radius 3 is 2.26 bits per heavy atom. The molecule has 0 aliphatic heterocycles. The third kappa shape index (κ3) is 9.15. The van der Waals surface area contributed by atoms with Crippen LogP contribution in [0.4, 0.5) is 0 Å². The number of methoxy groups -OCH3 is 1. The number of rotatable bonds is 7. The maximum absolute atomic E-state index is 5.40. The Bertz CT molecular complexity index is 481. The van der Waals surface area contributed by atoms with E-state index in [1.807, 2.05) is 13.8 Å². The van der Waals surface area contributed by atoms with E-state index in [0.717, 1.165) is 25.5 Å². The molecule has 0 aromatic heterocycles. The van der Waals surface area contributed by atoms with Crippen molar-refractivity contribution in [2.24, 2.45) is 4.99 Å². The number of nitrogens with zero attached hydrogens (tertiary/aromatic N) is 1. The lowest BCUT2D eigenvalue weighted by atomic mass is 10.1. The van der Waals surface area contributed by atoms with Crippen molar-refractivity contribution in [3.8, 4) is 0 Å². The molecule has 0 aliphatic rings. The van der Waals surface area contributed by atoms with Crippen LogP contribution in [-0.2, 0) is 11.2 Å². The summed E-state index contributed by atoms with van der Waals surface area (Å²) >= 11 is 0. The third-order valence-electron chi connectivity index (χ3n) is 3.50. The van der Waals surface area contributed by atoms with Gasteiger partial charge in [0.05, 0.1) is 12.1 Å². The van der Waals surface area contributed by atoms with E-state index in [1.165, 1.54) is 16.7 Å². The van der Waals surface area contributed by atoms with Gasteiger partial charge in [0.1, 0.15) is 0 Å². The maximum Gasteiger partial charge on any atom is 0.191 e. The van der Waals surface area contributed by atoms with Crippen molar-refractivity contribution in [1.82, 2.24) is 10.6 Å². The summed E-state index contributed by atoms with van der Waals surface area (Å²) in [6.45, 7) is 12.8. The summed E-state index contributed by atoms with van der Waals surface area (Å²) in [6.07, 6.45) is 0.987. The third-order valence-corrected chi connectivity index (χ3v) is 3.50. The summed E-state index contributed by atoms with van der Waals surface area (Å²) in [5, 5.41) is 6.66. The molecule has 4 nitrogen and oxygen atoms in total. The second-order valence-corrected chi connectivity index (χ2v) is 6.33. The molecule has 1 rings (SSSR count). The molecule has 0 amide bonds. The van der Waals surface area contributed by atoms with Gasteiger partial charge in [-0.05, 0) is 46.6 Å². The van der Waals surface area contributed by atoms with Crippen molar-refractivity contribution in [2.75, 3.05) is 26.7 Å². The van der Waals surface area contributed by atoms with Gasteiger partial charge in [0.15, 0.2) is 5.96 Å². The molecule has 0 fully saturated rings. The van der Waals surface area contributed by atoms with Gasteiger partial charge in [-0.15, -0.1) is 24.0 Å². The van der Waals surface area contributed by atoms with Crippen LogP contribution in [0.1, 0.15) is 37.5 Å². The van der Waals surface area contributed by atoms with E-state index in [1.54, 1.807) is 7.11 Å². The smallest absolute Gasteiger partial charge is 0.191 e. The molecule has 0 radical (unpaired) electrons. The van der Waals surface area contributed by atoms with Gasteiger partial charge >= 0.3 is 0 Å². The summed E-state index contributed by atoms with van der Waals surface area (Å²) in [5.41, 5.74) is 3.75. The summed E-state index contributed by atoms with van der Waals surface area (Å²) in [6, 6.07) is 6.69. The van der Waals surface area contributed by atoms with Gasteiger partial charge in [0.25, 0.3) is 0 Å². The molecular formula is C18H32IN3O. The zero-order valence-corrected chi connectivity index (χ0v) is 17.7. The lowest BCUT2D eigenvalue weighted by Crippen LogP contribution is -2.40. The fourth-order valence-electron chi connectivity index (χ4n) is 2.21. The number of aliphatic imine (C=N–C) groups is 1. The summed E-state index contributed by atoms with van der Waals surface area (Å²) in [7, 11) is 1.72. The van der Waals surface area contributed by atoms with E-state index < -0.39 is 0 Å². The quantitative estimate of drug-likeness (QED) is 0.394. The number of benzene rings is 1. The highest BCUT2D eigenvalue weighted by molar-refractivity contribution is 14.0. The van der Waals surface area contributed by atoms with Crippen LogP contribution in [0.3, 0.4) is 0 Å². The second kappa shape index (κ2) is 10.9. The zero-order chi connectivity index (χ0) is 16.6. The molecule has 23 heavy (non-hydrogen) atoms. The maximum atomic E-state index is 5.40. The predicted octanol–water partition coefficient (Wildman–Crippen LogP) is 3.44. The van der Waals surface area contributed by atoms with Gasteiger partial charge < -0.3 is 15.4 Å². The molecule has 0 heterocycles. The Morgan fingerprint density at radius 2 is 1.74 bits per heavy atom. The van der Waals surface area contributed by atoms with E-state index in [0.29, 0.717) is 6.54 Å². The first kappa shape index (κ1) is 22.2. The van der Waals surface area contributed by atoms with Crippen LogP contribution < -0.4 is 10.6 Å². The monoisotopic (exact) mass is 433 g/mol. The highest BCUT2D eigenvalue weighted by Crippen LogP contribution is 2.09. The van der Waals surface area contributed by atoms with Gasteiger partial charge in [-0.25, -0.2) is 0 Å². The number of halogens is 1. The molecule has 1 aromatic carbocycles. The molecule has 0 aliphatic carbocycles. The molecule has 0 saturated carbocycles. The number of aryl methyl sites for hydroxylation is 2. The average molecular weight is 433 g/mol. The Hall–Kier alpha value is -0.820. The highest BCUT2D eigenvalue weighted by atomic mass is 127. The summed E-state index contributed by atoms with van der Waals surface area (Å²) in [5.74, 6) is 0.844. The molecule has 132 valence electrons. The molecular weight excluding hydrogens is 401 g/mol. The molecule has 0 atom stereocenters. The van der Waals surface area contributed by atoms with E-state index in [4.69, 9.17) is 4.74 Å². The lowest BCUT2D eigenvalue weighted by Gasteiger charge is -2.21. The summed E-state index contributed by atoms with van der Waals surface area (Å²) < 4.78 is 5.40. The molecule has 5 heteroatoms. The number of ether oxygens (including phenoxy) is 1. The first-order valence-electron chi connectivity index (χ1n) is 8.01. The Balaban J connectivity index is 0.00000484. The van der Waals surface area contributed by atoms with Gasteiger partial charge in [-0.2, -0.15) is 0 Å². The lowest BCUT2D eigenvalue weighted by molar-refractivity contribution is 0.0310. The highest BCUT2D eigenvalue weighted by Gasteiger charge is 2.15. The van der Waals surface area contributed by atoms with Crippen molar-refractivity contribution < 1.29 is 4.74 Å². The van der Waals surface area contributed by atoms with Crippen molar-refractivity contribution in [3.63, 3.8) is 0 Å². The predicted molar refractivity (Wildman–Crippen MR) is 110 cm³/mol. The van der Waals surface area contributed by atoms with Crippen LogP contribution in [0.25, 0.3) is 0 Å². The number of guanidine groups is 1. The van der Waals surface area contributed by atoms with Crippen LogP contribution in [0, 0.1) is 13.8 Å². The van der Waals surface area contributed by atoms with E-state index in [9.17, 15) is 0 Å². The van der Waals surface area contributed by atoms with Gasteiger partial charge in [-0.3, -0.25) is 4.99 Å². The normalized spacial score (nSPS) is 11.8. The number of nitrogens with one attached hydrogen (secondary N) is 2. The Kier molecular flexibility index (Phi) is 10.5. The van der Waals surface area contributed by atoms with Gasteiger partial charge in [0.2, 0.25) is 0 Å². The topological polar surface area (TPSA) is 45.7 Å². The molecule has 0 saturated heterocycles. The summed E-state index contributed by atoms with van der Waals surface area (Å²) in [4.78, 5) is 4.59. The van der Waals surface area contributed by atoms with Crippen molar-refractivity contribution in [1.29, 1.82) is 0 Å². The molecule has 0 spiro atoms. The van der Waals surface area contributed by atoms with Crippen LogP contribution in [-0.4, -0.2) is 38.3 Å². The van der Waals surface area contributed by atoms with E-state index in [2.05, 4.69) is 54.6 Å². The largest absolute Gasteiger partial charge is 0.377 e. The zero-order valence-electron chi connectivity index (χ0n) is 15.3. The van der Waals surface area contributed by atoms with Crippen LogP contribution >= 0.6 is 24.0 Å². The van der Waals surface area contributed by atoms with Crippen molar-refractivity contribution >= 4 is 29.9 Å².